The van der Waals surface area contributed by atoms with E-state index in [1.165, 1.54) is 23.8 Å². The average molecular weight is 533 g/mol. The maximum absolute atomic E-state index is 13.4. The molecule has 1 saturated carbocycles. The third-order valence-electron chi connectivity index (χ3n) is 7.07. The molecule has 1 aliphatic heterocycles. The van der Waals surface area contributed by atoms with Crippen molar-refractivity contribution in [2.45, 2.75) is 37.1 Å². The molecule has 2 aliphatic rings. The Balaban J connectivity index is 1.50. The summed E-state index contributed by atoms with van der Waals surface area (Å²) in [5, 5.41) is 15.2. The molecule has 1 fully saturated rings. The highest BCUT2D eigenvalue weighted by Crippen LogP contribution is 2.53. The molecule has 12 heteroatoms. The van der Waals surface area contributed by atoms with Crippen LogP contribution in [0.5, 0.6) is 11.5 Å². The summed E-state index contributed by atoms with van der Waals surface area (Å²) in [5.74, 6) is 0.653. The maximum atomic E-state index is 13.4. The van der Waals surface area contributed by atoms with E-state index in [2.05, 4.69) is 22.2 Å². The van der Waals surface area contributed by atoms with Gasteiger partial charge in [-0.25, -0.2) is 8.42 Å². The minimum Gasteiger partial charge on any atom is -0.508 e. The number of hydrogen-bond acceptors (Lipinski definition) is 8. The van der Waals surface area contributed by atoms with Gasteiger partial charge >= 0.3 is 0 Å². The van der Waals surface area contributed by atoms with Crippen LogP contribution in [0.15, 0.2) is 59.9 Å². The van der Waals surface area contributed by atoms with E-state index in [1.54, 1.807) is 12.1 Å². The zero-order chi connectivity index (χ0) is 26.6. The van der Waals surface area contributed by atoms with E-state index in [9.17, 15) is 18.0 Å². The molecule has 2 aromatic rings. The molecule has 0 saturated heterocycles. The molecule has 0 bridgehead atoms. The summed E-state index contributed by atoms with van der Waals surface area (Å²) >= 11 is 0. The summed E-state index contributed by atoms with van der Waals surface area (Å²) in [6.07, 6.45) is 4.06. The minimum absolute atomic E-state index is 0.0706. The lowest BCUT2D eigenvalue weighted by molar-refractivity contribution is 0.131. The number of hydrogen-bond donors (Lipinski definition) is 5. The lowest BCUT2D eigenvalue weighted by Crippen LogP contribution is -2.49. The van der Waals surface area contributed by atoms with Crippen molar-refractivity contribution in [1.29, 1.82) is 0 Å². The van der Waals surface area contributed by atoms with E-state index in [1.807, 2.05) is 30.3 Å². The van der Waals surface area contributed by atoms with Gasteiger partial charge in [0.1, 0.15) is 18.1 Å². The Kier molecular flexibility index (Phi) is 8.02. The van der Waals surface area contributed by atoms with Crippen LogP contribution in [0, 0.1) is 0 Å². The van der Waals surface area contributed by atoms with Crippen molar-refractivity contribution in [3.63, 3.8) is 0 Å². The first-order valence-electron chi connectivity index (χ1n) is 12.1. The maximum Gasteiger partial charge on any atom is 0.291 e. The largest absolute Gasteiger partial charge is 0.508 e. The van der Waals surface area contributed by atoms with Gasteiger partial charge in [-0.2, -0.15) is 0 Å². The summed E-state index contributed by atoms with van der Waals surface area (Å²) in [6.45, 7) is 3.80. The van der Waals surface area contributed by atoms with Crippen molar-refractivity contribution < 1.29 is 22.7 Å². The Hall–Kier alpha value is -3.19. The smallest absolute Gasteiger partial charge is 0.291 e. The number of halogens is 1. The molecule has 200 valence electrons. The van der Waals surface area contributed by atoms with Gasteiger partial charge in [0.25, 0.3) is 10.0 Å². The Labute approximate surface area is 216 Å². The molecule has 0 aromatic heterocycles. The van der Waals surface area contributed by atoms with E-state index >= 15 is 0 Å². The number of nitrogens with zero attached hydrogens (tertiary/aromatic N) is 2. The third kappa shape index (κ3) is 5.42. The Morgan fingerprint density at radius 1 is 1.32 bits per heavy atom. The summed E-state index contributed by atoms with van der Waals surface area (Å²) in [7, 11) is -3.11. The average Bonchev–Trinajstić information content (AvgIpc) is 2.85. The number of aromatic hydroxyl groups is 1. The van der Waals surface area contributed by atoms with Gasteiger partial charge in [0.05, 0.1) is 12.4 Å². The number of ether oxygens (including phenoxy) is 1. The second-order valence-corrected chi connectivity index (χ2v) is 11.0. The van der Waals surface area contributed by atoms with E-state index in [4.69, 9.17) is 10.5 Å². The quantitative estimate of drug-likeness (QED) is 0.143. The standard InChI is InChI=1S/C25H33FN6O4S/c1-17(27)30-24(28-2)37(34,35)32(31-26)14-15-36-21-9-4-18-10-13-29-23(22(18)16-21)25(11-3-12-25)19-5-7-20(33)8-6-19/h4-9,16,23,29,31,33H,1,3,10-15,27H2,2H3,(H,28,30). The van der Waals surface area contributed by atoms with Gasteiger partial charge in [0.15, 0.2) is 0 Å². The summed E-state index contributed by atoms with van der Waals surface area (Å²) in [5.41, 5.74) is 10.1. The molecule has 6 N–H and O–H groups in total. The number of sulfonamides is 1. The Morgan fingerprint density at radius 2 is 2.05 bits per heavy atom. The number of benzene rings is 2. The van der Waals surface area contributed by atoms with Crippen LogP contribution in [-0.4, -0.2) is 49.9 Å². The van der Waals surface area contributed by atoms with Crippen LogP contribution in [0.2, 0.25) is 0 Å². The SMILES string of the molecule is C=C(N)NC(=NC)S(=O)(=O)N(CCOc1ccc2c(c1)C(C1(c3ccc(O)cc3)CCC1)NCC2)NF. The molecule has 2 aromatic carbocycles. The van der Waals surface area contributed by atoms with Gasteiger partial charge in [-0.1, -0.05) is 41.3 Å². The highest BCUT2D eigenvalue weighted by molar-refractivity contribution is 8.04. The molecule has 1 unspecified atom stereocenters. The minimum atomic E-state index is -4.35. The first-order valence-corrected chi connectivity index (χ1v) is 13.5. The van der Waals surface area contributed by atoms with Crippen LogP contribution < -0.4 is 26.8 Å². The van der Waals surface area contributed by atoms with E-state index < -0.39 is 15.2 Å². The number of fused-ring (bicyclic) bond motifs is 1. The number of amidine groups is 1. The highest BCUT2D eigenvalue weighted by atomic mass is 32.2. The number of nitrogens with two attached hydrogens (primary N) is 1. The molecule has 37 heavy (non-hydrogen) atoms. The molecule has 10 nitrogen and oxygen atoms in total. The van der Waals surface area contributed by atoms with Crippen molar-refractivity contribution in [2.24, 2.45) is 10.7 Å². The van der Waals surface area contributed by atoms with E-state index in [-0.39, 0.29) is 36.2 Å². The van der Waals surface area contributed by atoms with Crippen LogP contribution >= 0.6 is 0 Å². The lowest BCUT2D eigenvalue weighted by atomic mass is 9.58. The van der Waals surface area contributed by atoms with Crippen molar-refractivity contribution in [2.75, 3.05) is 26.7 Å². The predicted molar refractivity (Wildman–Crippen MR) is 140 cm³/mol. The number of rotatable bonds is 9. The van der Waals surface area contributed by atoms with Gasteiger partial charge in [-0.3, -0.25) is 4.99 Å². The Morgan fingerprint density at radius 3 is 2.65 bits per heavy atom. The molecule has 0 radical (unpaired) electrons. The Bertz CT molecular complexity index is 1260. The third-order valence-corrected chi connectivity index (χ3v) is 8.68. The van der Waals surface area contributed by atoms with Gasteiger partial charge in [-0.15, -0.1) is 4.48 Å². The number of hydrazine groups is 1. The van der Waals surface area contributed by atoms with Gasteiger partial charge in [0, 0.05) is 18.5 Å². The monoisotopic (exact) mass is 532 g/mol. The predicted octanol–water partition coefficient (Wildman–Crippen LogP) is 2.11. The summed E-state index contributed by atoms with van der Waals surface area (Å²) in [4.78, 5) is 3.62. The van der Waals surface area contributed by atoms with Crippen LogP contribution in [0.4, 0.5) is 4.48 Å². The highest BCUT2D eigenvalue weighted by Gasteiger charge is 2.47. The number of nitrogens with one attached hydrogen (secondary N) is 3. The number of phenols is 1. The fourth-order valence-corrected chi connectivity index (χ4v) is 6.25. The normalized spacial score (nSPS) is 19.1. The lowest BCUT2D eigenvalue weighted by Gasteiger charge is -2.50. The molecule has 4 rings (SSSR count). The molecule has 0 spiro atoms. The zero-order valence-electron chi connectivity index (χ0n) is 20.7. The fourth-order valence-electron chi connectivity index (χ4n) is 5.14. The van der Waals surface area contributed by atoms with Crippen molar-refractivity contribution in [3.05, 3.63) is 71.6 Å². The second kappa shape index (κ2) is 11.1. The van der Waals surface area contributed by atoms with Crippen molar-refractivity contribution in [1.82, 2.24) is 20.7 Å². The van der Waals surface area contributed by atoms with Crippen molar-refractivity contribution in [3.8, 4) is 11.5 Å². The van der Waals surface area contributed by atoms with Gasteiger partial charge < -0.3 is 26.2 Å². The second-order valence-electron chi connectivity index (χ2n) is 9.24. The zero-order valence-corrected chi connectivity index (χ0v) is 21.5. The van der Waals surface area contributed by atoms with Crippen LogP contribution in [0.25, 0.3) is 0 Å². The number of phenolic OH excluding ortho intramolecular Hbond substituents is 1. The van der Waals surface area contributed by atoms with Gasteiger partial charge in [0.2, 0.25) is 5.17 Å². The van der Waals surface area contributed by atoms with Gasteiger partial charge in [-0.05, 0) is 66.8 Å². The van der Waals surface area contributed by atoms with Crippen LogP contribution in [0.3, 0.4) is 0 Å². The summed E-state index contributed by atoms with van der Waals surface area (Å²) in [6, 6.07) is 13.4. The molecular formula is C25H33FN6O4S. The number of aliphatic imine (C=N–C) groups is 1. The topological polar surface area (TPSA) is 141 Å². The van der Waals surface area contributed by atoms with Crippen LogP contribution in [-0.2, 0) is 21.9 Å². The molecule has 0 amide bonds. The molecule has 1 atom stereocenters. The molecule has 1 heterocycles. The summed E-state index contributed by atoms with van der Waals surface area (Å²) < 4.78 is 45.0. The fraction of sp³-hybridized carbons (Fsp3) is 0.400. The van der Waals surface area contributed by atoms with Crippen LogP contribution in [0.1, 0.15) is 42.0 Å². The van der Waals surface area contributed by atoms with E-state index in [0.717, 1.165) is 37.8 Å². The molecule has 1 aliphatic carbocycles. The van der Waals surface area contributed by atoms with E-state index in [0.29, 0.717) is 10.2 Å². The first-order chi connectivity index (χ1) is 17.7. The van der Waals surface area contributed by atoms with Crippen molar-refractivity contribution >= 4 is 15.2 Å². The molecular weight excluding hydrogens is 499 g/mol. The first kappa shape index (κ1) is 26.9.